The number of pyridine rings is 1. The normalized spacial score (nSPS) is 11.5. The minimum atomic E-state index is -3.56. The van der Waals surface area contributed by atoms with Gasteiger partial charge in [0.25, 0.3) is 0 Å². The van der Waals surface area contributed by atoms with Gasteiger partial charge >= 0.3 is 0 Å². The van der Waals surface area contributed by atoms with E-state index in [1.165, 1.54) is 13.2 Å². The minimum absolute atomic E-state index is 0.106. The van der Waals surface area contributed by atoms with Gasteiger partial charge in [-0.05, 0) is 17.2 Å². The van der Waals surface area contributed by atoms with Crippen LogP contribution in [0, 0.1) is 0 Å². The number of methoxy groups -OCH3 is 2. The van der Waals surface area contributed by atoms with Crippen molar-refractivity contribution in [3.8, 4) is 11.5 Å². The monoisotopic (exact) mass is 388 g/mol. The van der Waals surface area contributed by atoms with Crippen molar-refractivity contribution in [3.05, 3.63) is 70.0 Å². The number of sulfonamides is 1. The van der Waals surface area contributed by atoms with Crippen LogP contribution in [0.1, 0.15) is 11.1 Å². The van der Waals surface area contributed by atoms with Crippen molar-refractivity contribution in [1.29, 1.82) is 0 Å². The van der Waals surface area contributed by atoms with E-state index in [-0.39, 0.29) is 11.2 Å². The first-order valence-corrected chi connectivity index (χ1v) is 9.86. The molecule has 142 valence electrons. The Hall–Kier alpha value is -2.84. The lowest BCUT2D eigenvalue weighted by molar-refractivity contribution is 0.355. The summed E-state index contributed by atoms with van der Waals surface area (Å²) in [5, 5.41) is 5.60. The van der Waals surface area contributed by atoms with Crippen LogP contribution in [0.2, 0.25) is 0 Å². The summed E-state index contributed by atoms with van der Waals surface area (Å²) in [5.74, 6) is 0.825. The second-order valence-electron chi connectivity index (χ2n) is 6.16. The van der Waals surface area contributed by atoms with Crippen LogP contribution >= 0.6 is 0 Å². The predicted octanol–water partition coefficient (Wildman–Crippen LogP) is 1.86. The van der Waals surface area contributed by atoms with E-state index in [1.54, 1.807) is 37.6 Å². The van der Waals surface area contributed by atoms with Gasteiger partial charge in [-0.25, -0.2) is 13.6 Å². The molecular formula is C19H20N2O5S. The number of fused-ring (bicyclic) bond motifs is 1. The molecule has 0 atom stereocenters. The summed E-state index contributed by atoms with van der Waals surface area (Å²) in [4.78, 5) is 12.3. The van der Waals surface area contributed by atoms with Crippen LogP contribution in [0.4, 0.5) is 0 Å². The number of benzene rings is 2. The van der Waals surface area contributed by atoms with E-state index in [9.17, 15) is 13.2 Å². The number of ether oxygens (including phenoxy) is 2. The van der Waals surface area contributed by atoms with Gasteiger partial charge in [0.05, 0.1) is 25.5 Å². The molecule has 2 aromatic carbocycles. The van der Waals surface area contributed by atoms with Crippen LogP contribution < -0.4 is 20.0 Å². The molecule has 3 aromatic rings. The SMILES string of the molecule is COc1cc2c(=O)ccn(Cc3ccc(CS(N)(=O)=O)cc3)c2cc1OC. The maximum absolute atomic E-state index is 12.3. The summed E-state index contributed by atoms with van der Waals surface area (Å²) in [6, 6.07) is 12.1. The van der Waals surface area contributed by atoms with Gasteiger partial charge in [-0.2, -0.15) is 0 Å². The fourth-order valence-corrected chi connectivity index (χ4v) is 3.60. The van der Waals surface area contributed by atoms with Crippen LogP contribution in [0.5, 0.6) is 11.5 Å². The lowest BCUT2D eigenvalue weighted by Gasteiger charge is -2.14. The number of nitrogens with two attached hydrogens (primary N) is 1. The molecule has 2 N–H and O–H groups in total. The summed E-state index contributed by atoms with van der Waals surface area (Å²) in [6.07, 6.45) is 1.72. The number of nitrogens with zero attached hydrogens (tertiary/aromatic N) is 1. The van der Waals surface area contributed by atoms with Crippen LogP contribution in [0.3, 0.4) is 0 Å². The molecule has 0 radical (unpaired) electrons. The van der Waals surface area contributed by atoms with Crippen LogP contribution in [0.25, 0.3) is 10.9 Å². The van der Waals surface area contributed by atoms with Gasteiger partial charge in [-0.1, -0.05) is 24.3 Å². The maximum atomic E-state index is 12.3. The molecule has 0 aliphatic heterocycles. The summed E-state index contributed by atoms with van der Waals surface area (Å²) in [5.41, 5.74) is 2.18. The average Bonchev–Trinajstić information content (AvgIpc) is 2.63. The number of aromatic nitrogens is 1. The molecule has 0 aliphatic carbocycles. The van der Waals surface area contributed by atoms with Gasteiger partial charge in [0.1, 0.15) is 0 Å². The van der Waals surface area contributed by atoms with E-state index in [0.29, 0.717) is 34.5 Å². The fourth-order valence-electron chi connectivity index (χ4n) is 2.94. The van der Waals surface area contributed by atoms with Gasteiger partial charge in [0, 0.05) is 30.3 Å². The lowest BCUT2D eigenvalue weighted by Crippen LogP contribution is -2.14. The summed E-state index contributed by atoms with van der Waals surface area (Å²) in [7, 11) is -0.499. The van der Waals surface area contributed by atoms with Crippen molar-refractivity contribution >= 4 is 20.9 Å². The van der Waals surface area contributed by atoms with Crippen molar-refractivity contribution in [2.75, 3.05) is 14.2 Å². The molecule has 0 saturated heterocycles. The van der Waals surface area contributed by atoms with Crippen LogP contribution in [0.15, 0.2) is 53.5 Å². The van der Waals surface area contributed by atoms with E-state index in [2.05, 4.69) is 0 Å². The van der Waals surface area contributed by atoms with Gasteiger partial charge in [-0.15, -0.1) is 0 Å². The predicted molar refractivity (Wildman–Crippen MR) is 104 cm³/mol. The molecule has 3 rings (SSSR count). The minimum Gasteiger partial charge on any atom is -0.493 e. The topological polar surface area (TPSA) is 101 Å². The summed E-state index contributed by atoms with van der Waals surface area (Å²) < 4.78 is 34.9. The number of hydrogen-bond acceptors (Lipinski definition) is 5. The van der Waals surface area contributed by atoms with Crippen molar-refractivity contribution < 1.29 is 17.9 Å². The molecule has 7 nitrogen and oxygen atoms in total. The smallest absolute Gasteiger partial charge is 0.213 e. The van der Waals surface area contributed by atoms with Gasteiger partial charge in [0.15, 0.2) is 16.9 Å². The van der Waals surface area contributed by atoms with Crippen molar-refractivity contribution in [3.63, 3.8) is 0 Å². The molecular weight excluding hydrogens is 368 g/mol. The molecule has 1 aromatic heterocycles. The second kappa shape index (κ2) is 7.42. The zero-order chi connectivity index (χ0) is 19.6. The number of rotatable bonds is 6. The van der Waals surface area contributed by atoms with E-state index in [1.807, 2.05) is 16.7 Å². The molecule has 0 aliphatic rings. The summed E-state index contributed by atoms with van der Waals surface area (Å²) >= 11 is 0. The second-order valence-corrected chi connectivity index (χ2v) is 7.77. The van der Waals surface area contributed by atoms with E-state index < -0.39 is 10.0 Å². The zero-order valence-corrected chi connectivity index (χ0v) is 15.8. The largest absolute Gasteiger partial charge is 0.493 e. The van der Waals surface area contributed by atoms with Crippen molar-refractivity contribution in [2.24, 2.45) is 5.14 Å². The Labute approximate surface area is 157 Å². The Balaban J connectivity index is 1.99. The average molecular weight is 388 g/mol. The number of primary sulfonamides is 1. The van der Waals surface area contributed by atoms with E-state index in [0.717, 1.165) is 5.56 Å². The van der Waals surface area contributed by atoms with Crippen molar-refractivity contribution in [1.82, 2.24) is 4.57 Å². The highest BCUT2D eigenvalue weighted by Crippen LogP contribution is 2.31. The Morgan fingerprint density at radius 1 is 0.963 bits per heavy atom. The molecule has 1 heterocycles. The van der Waals surface area contributed by atoms with Crippen LogP contribution in [-0.4, -0.2) is 27.2 Å². The highest BCUT2D eigenvalue weighted by atomic mass is 32.2. The first-order valence-electron chi connectivity index (χ1n) is 8.14. The van der Waals surface area contributed by atoms with Gasteiger partial charge in [0.2, 0.25) is 10.0 Å². The molecule has 0 saturated carbocycles. The molecule has 0 amide bonds. The third kappa shape index (κ3) is 4.29. The molecule has 0 fully saturated rings. The first-order chi connectivity index (χ1) is 12.8. The number of hydrogen-bond donors (Lipinski definition) is 1. The zero-order valence-electron chi connectivity index (χ0n) is 15.0. The molecule has 27 heavy (non-hydrogen) atoms. The fraction of sp³-hybridized carbons (Fsp3) is 0.211. The Bertz CT molecular complexity index is 1140. The molecule has 8 heteroatoms. The highest BCUT2D eigenvalue weighted by molar-refractivity contribution is 7.88. The van der Waals surface area contributed by atoms with E-state index in [4.69, 9.17) is 14.6 Å². The van der Waals surface area contributed by atoms with Gasteiger partial charge < -0.3 is 14.0 Å². The molecule has 0 spiro atoms. The third-order valence-corrected chi connectivity index (χ3v) is 4.96. The quantitative estimate of drug-likeness (QED) is 0.695. The summed E-state index contributed by atoms with van der Waals surface area (Å²) in [6.45, 7) is 0.502. The molecule has 0 bridgehead atoms. The maximum Gasteiger partial charge on any atom is 0.213 e. The third-order valence-electron chi connectivity index (χ3n) is 4.23. The van der Waals surface area contributed by atoms with E-state index >= 15 is 0 Å². The standard InChI is InChI=1S/C19H20N2O5S/c1-25-18-9-15-16(10-19(18)26-2)21(8-7-17(15)22)11-13-3-5-14(6-4-13)12-27(20,23)24/h3-10H,11-12H2,1-2H3,(H2,20,23,24). The lowest BCUT2D eigenvalue weighted by atomic mass is 10.1. The Morgan fingerprint density at radius 2 is 1.56 bits per heavy atom. The molecule has 0 unspecified atom stereocenters. The Morgan fingerprint density at radius 3 is 2.15 bits per heavy atom. The van der Waals surface area contributed by atoms with Gasteiger partial charge in [-0.3, -0.25) is 4.79 Å². The highest BCUT2D eigenvalue weighted by Gasteiger charge is 2.11. The first kappa shape index (κ1) is 18.9. The Kier molecular flexibility index (Phi) is 5.20. The van der Waals surface area contributed by atoms with Crippen molar-refractivity contribution in [2.45, 2.75) is 12.3 Å². The van der Waals surface area contributed by atoms with Crippen LogP contribution in [-0.2, 0) is 22.3 Å².